The van der Waals surface area contributed by atoms with Crippen LogP contribution in [0.3, 0.4) is 0 Å². The molecule has 0 radical (unpaired) electrons. The summed E-state index contributed by atoms with van der Waals surface area (Å²) in [6, 6.07) is 8.77. The quantitative estimate of drug-likeness (QED) is 0.692. The van der Waals surface area contributed by atoms with Crippen LogP contribution in [0.15, 0.2) is 42.6 Å². The normalized spacial score (nSPS) is 10.9. The predicted octanol–water partition coefficient (Wildman–Crippen LogP) is 3.54. The Bertz CT molecular complexity index is 854. The van der Waals surface area contributed by atoms with Gasteiger partial charge in [0.15, 0.2) is 0 Å². The number of hydrogen-bond donors (Lipinski definition) is 0. The van der Waals surface area contributed by atoms with Crippen molar-refractivity contribution in [3.63, 3.8) is 0 Å². The van der Waals surface area contributed by atoms with E-state index in [2.05, 4.69) is 5.10 Å². The lowest BCUT2D eigenvalue weighted by Crippen LogP contribution is -2.14. The van der Waals surface area contributed by atoms with Gasteiger partial charge in [0.2, 0.25) is 0 Å². The van der Waals surface area contributed by atoms with Crippen LogP contribution in [-0.4, -0.2) is 22.4 Å². The molecule has 4 nitrogen and oxygen atoms in total. The molecule has 0 aliphatic carbocycles. The molecule has 0 fully saturated rings. The molecule has 6 heteroatoms. The van der Waals surface area contributed by atoms with Crippen molar-refractivity contribution in [3.05, 3.63) is 54.2 Å². The van der Waals surface area contributed by atoms with E-state index in [0.29, 0.717) is 16.5 Å². The van der Waals surface area contributed by atoms with Crippen molar-refractivity contribution in [2.45, 2.75) is 13.5 Å². The van der Waals surface area contributed by atoms with E-state index in [0.717, 1.165) is 0 Å². The molecular formula is C17H14F2N2O2. The monoisotopic (exact) mass is 316 g/mol. The van der Waals surface area contributed by atoms with Crippen molar-refractivity contribution in [3.8, 4) is 11.1 Å². The van der Waals surface area contributed by atoms with Gasteiger partial charge in [-0.1, -0.05) is 24.3 Å². The Balaban J connectivity index is 2.18. The smallest absolute Gasteiger partial charge is 0.327 e. The zero-order valence-electron chi connectivity index (χ0n) is 12.4. The number of fused-ring (bicyclic) bond motifs is 1. The summed E-state index contributed by atoms with van der Waals surface area (Å²) in [5.74, 6) is -1.79. The number of benzene rings is 2. The van der Waals surface area contributed by atoms with Crippen LogP contribution in [0.5, 0.6) is 0 Å². The SMILES string of the molecule is CCOC(=O)Cn1ncc2cccc(-c3c(F)cccc3F)c21. The number of esters is 1. The fourth-order valence-electron chi connectivity index (χ4n) is 2.55. The summed E-state index contributed by atoms with van der Waals surface area (Å²) >= 11 is 0. The molecule has 3 aromatic rings. The Hall–Kier alpha value is -2.76. The summed E-state index contributed by atoms with van der Waals surface area (Å²) in [6.45, 7) is 1.84. The van der Waals surface area contributed by atoms with Crippen molar-refractivity contribution in [1.29, 1.82) is 0 Å². The first-order chi connectivity index (χ1) is 11.1. The number of nitrogens with zero attached hydrogens (tertiary/aromatic N) is 2. The molecule has 2 aromatic carbocycles. The molecule has 0 bridgehead atoms. The van der Waals surface area contributed by atoms with E-state index in [4.69, 9.17) is 4.74 Å². The van der Waals surface area contributed by atoms with E-state index in [1.54, 1.807) is 31.3 Å². The number of carbonyl (C=O) groups excluding carboxylic acids is 1. The summed E-state index contributed by atoms with van der Waals surface area (Å²) in [5, 5.41) is 4.82. The van der Waals surface area contributed by atoms with E-state index in [9.17, 15) is 13.6 Å². The molecule has 23 heavy (non-hydrogen) atoms. The molecule has 0 saturated heterocycles. The van der Waals surface area contributed by atoms with Crippen molar-refractivity contribution in [2.75, 3.05) is 6.61 Å². The number of hydrogen-bond acceptors (Lipinski definition) is 3. The van der Waals surface area contributed by atoms with Gasteiger partial charge in [-0.15, -0.1) is 0 Å². The van der Waals surface area contributed by atoms with Crippen LogP contribution < -0.4 is 0 Å². The number of carbonyl (C=O) groups is 1. The maximum absolute atomic E-state index is 14.1. The van der Waals surface area contributed by atoms with Crippen LogP contribution in [0.4, 0.5) is 8.78 Å². The Labute approximate surface area is 131 Å². The molecule has 0 saturated carbocycles. The van der Waals surface area contributed by atoms with Gasteiger partial charge in [0.25, 0.3) is 0 Å². The number of para-hydroxylation sites is 1. The molecule has 1 aromatic heterocycles. The highest BCUT2D eigenvalue weighted by Crippen LogP contribution is 2.32. The summed E-state index contributed by atoms with van der Waals surface area (Å²) in [7, 11) is 0. The summed E-state index contributed by atoms with van der Waals surface area (Å²) < 4.78 is 34.6. The highest BCUT2D eigenvalue weighted by Gasteiger charge is 2.18. The average molecular weight is 316 g/mol. The summed E-state index contributed by atoms with van der Waals surface area (Å²) in [6.07, 6.45) is 1.55. The largest absolute Gasteiger partial charge is 0.465 e. The maximum Gasteiger partial charge on any atom is 0.327 e. The molecule has 118 valence electrons. The Morgan fingerprint density at radius 3 is 2.57 bits per heavy atom. The van der Waals surface area contributed by atoms with Gasteiger partial charge < -0.3 is 4.74 Å². The minimum atomic E-state index is -0.665. The van der Waals surface area contributed by atoms with Gasteiger partial charge in [0.05, 0.1) is 23.9 Å². The molecule has 0 unspecified atom stereocenters. The van der Waals surface area contributed by atoms with Crippen LogP contribution in [-0.2, 0) is 16.1 Å². The zero-order valence-corrected chi connectivity index (χ0v) is 12.4. The highest BCUT2D eigenvalue weighted by molar-refractivity contribution is 5.94. The van der Waals surface area contributed by atoms with Crippen molar-refractivity contribution in [1.82, 2.24) is 9.78 Å². The van der Waals surface area contributed by atoms with Gasteiger partial charge in [-0.25, -0.2) is 8.78 Å². The van der Waals surface area contributed by atoms with E-state index in [1.165, 1.54) is 22.9 Å². The molecule has 3 rings (SSSR count). The van der Waals surface area contributed by atoms with E-state index < -0.39 is 17.6 Å². The highest BCUT2D eigenvalue weighted by atomic mass is 19.1. The van der Waals surface area contributed by atoms with E-state index in [1.807, 2.05) is 0 Å². The van der Waals surface area contributed by atoms with Crippen molar-refractivity contribution in [2.24, 2.45) is 0 Å². The van der Waals surface area contributed by atoms with Crippen LogP contribution in [0.25, 0.3) is 22.0 Å². The Morgan fingerprint density at radius 1 is 1.17 bits per heavy atom. The topological polar surface area (TPSA) is 44.1 Å². The first-order valence-corrected chi connectivity index (χ1v) is 7.16. The third-order valence-electron chi connectivity index (χ3n) is 3.48. The van der Waals surface area contributed by atoms with Crippen LogP contribution >= 0.6 is 0 Å². The first kappa shape index (κ1) is 15.1. The lowest BCUT2D eigenvalue weighted by molar-refractivity contribution is -0.143. The fourth-order valence-corrected chi connectivity index (χ4v) is 2.55. The van der Waals surface area contributed by atoms with Gasteiger partial charge in [-0.05, 0) is 19.1 Å². The minimum absolute atomic E-state index is 0.121. The standard InChI is InChI=1S/C17H14F2N2O2/c1-2-23-15(22)10-21-17-11(9-20-21)5-3-6-12(17)16-13(18)7-4-8-14(16)19/h3-9H,2,10H2,1H3. The molecule has 0 aliphatic heterocycles. The second-order valence-electron chi connectivity index (χ2n) is 4.95. The third kappa shape index (κ3) is 2.79. The van der Waals surface area contributed by atoms with Gasteiger partial charge in [0, 0.05) is 10.9 Å². The van der Waals surface area contributed by atoms with Gasteiger partial charge in [-0.2, -0.15) is 5.10 Å². The van der Waals surface area contributed by atoms with Crippen LogP contribution in [0.1, 0.15) is 6.92 Å². The molecular weight excluding hydrogens is 302 g/mol. The second-order valence-corrected chi connectivity index (χ2v) is 4.95. The van der Waals surface area contributed by atoms with Gasteiger partial charge >= 0.3 is 5.97 Å². The van der Waals surface area contributed by atoms with E-state index in [-0.39, 0.29) is 18.7 Å². The molecule has 0 spiro atoms. The fraction of sp³-hybridized carbons (Fsp3) is 0.176. The van der Waals surface area contributed by atoms with Crippen molar-refractivity contribution < 1.29 is 18.3 Å². The van der Waals surface area contributed by atoms with Crippen LogP contribution in [0.2, 0.25) is 0 Å². The Kier molecular flexibility index (Phi) is 4.06. The Morgan fingerprint density at radius 2 is 1.87 bits per heavy atom. The second kappa shape index (κ2) is 6.16. The molecule has 0 aliphatic rings. The number of aromatic nitrogens is 2. The van der Waals surface area contributed by atoms with E-state index >= 15 is 0 Å². The molecule has 0 N–H and O–H groups in total. The molecule has 0 amide bonds. The van der Waals surface area contributed by atoms with Gasteiger partial charge in [-0.3, -0.25) is 9.48 Å². The van der Waals surface area contributed by atoms with Crippen LogP contribution in [0, 0.1) is 11.6 Å². The number of rotatable bonds is 4. The number of ether oxygens (including phenoxy) is 1. The third-order valence-corrected chi connectivity index (χ3v) is 3.48. The van der Waals surface area contributed by atoms with Crippen molar-refractivity contribution >= 4 is 16.9 Å². The molecule has 1 heterocycles. The van der Waals surface area contributed by atoms with Gasteiger partial charge in [0.1, 0.15) is 18.2 Å². The lowest BCUT2D eigenvalue weighted by Gasteiger charge is -2.10. The maximum atomic E-state index is 14.1. The predicted molar refractivity (Wildman–Crippen MR) is 81.7 cm³/mol. The average Bonchev–Trinajstić information content (AvgIpc) is 2.91. The summed E-state index contributed by atoms with van der Waals surface area (Å²) in [4.78, 5) is 11.7. The first-order valence-electron chi connectivity index (χ1n) is 7.16. The number of halogens is 2. The zero-order chi connectivity index (χ0) is 16.4. The lowest BCUT2D eigenvalue weighted by atomic mass is 10.0. The molecule has 0 atom stereocenters. The summed E-state index contributed by atoms with van der Waals surface area (Å²) in [5.41, 5.74) is 0.702. The minimum Gasteiger partial charge on any atom is -0.465 e.